The maximum atomic E-state index is 12.9. The van der Waals surface area contributed by atoms with Crippen LogP contribution in [0.4, 0.5) is 8.78 Å². The monoisotopic (exact) mass is 274 g/mol. The number of hydrogen-bond donors (Lipinski definition) is 1. The lowest BCUT2D eigenvalue weighted by atomic mass is 10.1. The first-order valence-corrected chi connectivity index (χ1v) is 6.61. The van der Waals surface area contributed by atoms with Crippen LogP contribution in [0.15, 0.2) is 0 Å². The second kappa shape index (κ2) is 6.25. The molecule has 0 aromatic heterocycles. The van der Waals surface area contributed by atoms with Crippen LogP contribution in [-0.2, 0) is 19.6 Å². The van der Waals surface area contributed by atoms with Gasteiger partial charge in [0.05, 0.1) is 0 Å². The number of carbonyl (C=O) groups excluding carboxylic acids is 1. The molecule has 5 nitrogen and oxygen atoms in total. The van der Waals surface area contributed by atoms with Crippen LogP contribution in [0.25, 0.3) is 0 Å². The fourth-order valence-electron chi connectivity index (χ4n) is 0.973. The topological polar surface area (TPSA) is 80.7 Å². The van der Waals surface area contributed by atoms with Gasteiger partial charge in [0.1, 0.15) is 5.75 Å². The van der Waals surface area contributed by atoms with Crippen LogP contribution in [0.3, 0.4) is 0 Å². The van der Waals surface area contributed by atoms with Crippen molar-refractivity contribution < 1.29 is 31.3 Å². The minimum Gasteiger partial charge on any atom is -0.459 e. The maximum Gasteiger partial charge on any atom is 0.306 e. The molecule has 0 atom stereocenters. The molecule has 0 amide bonds. The molecule has 0 saturated heterocycles. The SMILES string of the molecule is CC(C)CCC(=O)OCC(F)(F)CS(=O)(=O)O. The minimum absolute atomic E-state index is 0.000375. The van der Waals surface area contributed by atoms with E-state index >= 15 is 0 Å². The number of carbonyl (C=O) groups is 1. The van der Waals surface area contributed by atoms with Crippen molar-refractivity contribution in [1.29, 1.82) is 0 Å². The molecule has 8 heteroatoms. The predicted molar refractivity (Wildman–Crippen MR) is 56.4 cm³/mol. The number of hydrogen-bond acceptors (Lipinski definition) is 4. The van der Waals surface area contributed by atoms with Gasteiger partial charge in [0.2, 0.25) is 0 Å². The zero-order chi connectivity index (χ0) is 13.7. The Bertz CT molecular complexity index is 350. The summed E-state index contributed by atoms with van der Waals surface area (Å²) < 4.78 is 58.7. The summed E-state index contributed by atoms with van der Waals surface area (Å²) in [5, 5.41) is 0. The molecule has 0 fully saturated rings. The van der Waals surface area contributed by atoms with Crippen molar-refractivity contribution in [3.05, 3.63) is 0 Å². The molecule has 0 aliphatic carbocycles. The van der Waals surface area contributed by atoms with Crippen LogP contribution in [0.2, 0.25) is 0 Å². The van der Waals surface area contributed by atoms with Crippen LogP contribution < -0.4 is 0 Å². The summed E-state index contributed by atoms with van der Waals surface area (Å²) in [7, 11) is -4.80. The number of ether oxygens (including phenoxy) is 1. The Hall–Kier alpha value is -0.760. The highest BCUT2D eigenvalue weighted by Crippen LogP contribution is 2.17. The van der Waals surface area contributed by atoms with E-state index in [2.05, 4.69) is 4.74 Å². The summed E-state index contributed by atoms with van der Waals surface area (Å²) in [4.78, 5) is 11.0. The van der Waals surface area contributed by atoms with Crippen molar-refractivity contribution in [2.45, 2.75) is 32.6 Å². The molecule has 102 valence electrons. The summed E-state index contributed by atoms with van der Waals surface area (Å²) in [5.74, 6) is -6.10. The number of esters is 1. The van der Waals surface area contributed by atoms with Crippen molar-refractivity contribution in [3.63, 3.8) is 0 Å². The Balaban J connectivity index is 4.05. The predicted octanol–water partition coefficient (Wildman–Crippen LogP) is 1.49. The van der Waals surface area contributed by atoms with Gasteiger partial charge in [-0.2, -0.15) is 8.42 Å². The van der Waals surface area contributed by atoms with E-state index in [9.17, 15) is 22.0 Å². The Morgan fingerprint density at radius 3 is 2.35 bits per heavy atom. The molecule has 0 spiro atoms. The molecule has 0 aromatic rings. The zero-order valence-electron chi connectivity index (χ0n) is 9.65. The first-order valence-electron chi connectivity index (χ1n) is 5.00. The van der Waals surface area contributed by atoms with Crippen LogP contribution in [0, 0.1) is 5.92 Å². The highest BCUT2D eigenvalue weighted by atomic mass is 32.2. The van der Waals surface area contributed by atoms with Crippen LogP contribution in [0.1, 0.15) is 26.7 Å². The average Bonchev–Trinajstić information content (AvgIpc) is 2.07. The molecular formula is C9H16F2O5S. The Labute approximate surface area is 98.9 Å². The van der Waals surface area contributed by atoms with E-state index in [-0.39, 0.29) is 12.3 Å². The summed E-state index contributed by atoms with van der Waals surface area (Å²) in [6, 6.07) is 0. The highest BCUT2D eigenvalue weighted by Gasteiger charge is 2.36. The van der Waals surface area contributed by atoms with Gasteiger partial charge in [0, 0.05) is 6.42 Å². The molecule has 0 rings (SSSR count). The van der Waals surface area contributed by atoms with E-state index in [0.717, 1.165) is 0 Å². The van der Waals surface area contributed by atoms with E-state index in [0.29, 0.717) is 6.42 Å². The molecule has 0 aromatic carbocycles. The van der Waals surface area contributed by atoms with Gasteiger partial charge in [0.25, 0.3) is 16.0 Å². The molecular weight excluding hydrogens is 258 g/mol. The van der Waals surface area contributed by atoms with Gasteiger partial charge < -0.3 is 4.74 Å². The summed E-state index contributed by atoms with van der Waals surface area (Å²) >= 11 is 0. The standard InChI is InChI=1S/C9H16F2O5S/c1-7(2)3-4-8(12)16-5-9(10,11)6-17(13,14)15/h7H,3-6H2,1-2H3,(H,13,14,15). The summed E-state index contributed by atoms with van der Waals surface area (Å²) in [5.41, 5.74) is 0. The summed E-state index contributed by atoms with van der Waals surface area (Å²) in [6.45, 7) is 2.38. The Morgan fingerprint density at radius 2 is 1.94 bits per heavy atom. The third kappa shape index (κ3) is 10.1. The quantitative estimate of drug-likeness (QED) is 0.562. The van der Waals surface area contributed by atoms with Gasteiger partial charge in [-0.3, -0.25) is 9.35 Å². The first kappa shape index (κ1) is 16.2. The smallest absolute Gasteiger partial charge is 0.306 e. The van der Waals surface area contributed by atoms with Gasteiger partial charge >= 0.3 is 5.97 Å². The van der Waals surface area contributed by atoms with E-state index in [4.69, 9.17) is 4.55 Å². The fraction of sp³-hybridized carbons (Fsp3) is 0.889. The minimum atomic E-state index is -4.80. The average molecular weight is 274 g/mol. The van der Waals surface area contributed by atoms with Gasteiger partial charge in [0.15, 0.2) is 6.61 Å². The van der Waals surface area contributed by atoms with Crippen molar-refractivity contribution in [1.82, 2.24) is 0 Å². The Kier molecular flexibility index (Phi) is 5.97. The van der Waals surface area contributed by atoms with Crippen molar-refractivity contribution >= 4 is 16.1 Å². The van der Waals surface area contributed by atoms with Crippen molar-refractivity contribution in [2.75, 3.05) is 12.4 Å². The first-order chi connectivity index (χ1) is 7.52. The second-order valence-corrected chi connectivity index (χ2v) is 5.63. The third-order valence-corrected chi connectivity index (χ3v) is 2.55. The molecule has 17 heavy (non-hydrogen) atoms. The number of halogens is 2. The van der Waals surface area contributed by atoms with Gasteiger partial charge in [-0.05, 0) is 12.3 Å². The molecule has 0 heterocycles. The normalized spacial score (nSPS) is 12.8. The molecule has 0 aliphatic rings. The molecule has 1 N–H and O–H groups in total. The van der Waals surface area contributed by atoms with Crippen molar-refractivity contribution in [3.8, 4) is 0 Å². The number of alkyl halides is 2. The van der Waals surface area contributed by atoms with E-state index < -0.39 is 34.4 Å². The largest absolute Gasteiger partial charge is 0.459 e. The van der Waals surface area contributed by atoms with Crippen LogP contribution >= 0.6 is 0 Å². The maximum absolute atomic E-state index is 12.9. The molecule has 0 unspecified atom stereocenters. The van der Waals surface area contributed by atoms with Gasteiger partial charge in [-0.1, -0.05) is 13.8 Å². The highest BCUT2D eigenvalue weighted by molar-refractivity contribution is 7.85. The van der Waals surface area contributed by atoms with Crippen LogP contribution in [0.5, 0.6) is 0 Å². The van der Waals surface area contributed by atoms with Gasteiger partial charge in [-0.25, -0.2) is 8.78 Å². The van der Waals surface area contributed by atoms with E-state index in [1.165, 1.54) is 0 Å². The molecule has 0 radical (unpaired) electrons. The third-order valence-electron chi connectivity index (χ3n) is 1.76. The zero-order valence-corrected chi connectivity index (χ0v) is 10.5. The molecule has 0 saturated carbocycles. The molecule has 0 aliphatic heterocycles. The van der Waals surface area contributed by atoms with Gasteiger partial charge in [-0.15, -0.1) is 0 Å². The molecule has 0 bridgehead atoms. The lowest BCUT2D eigenvalue weighted by Crippen LogP contribution is -2.33. The fourth-order valence-corrected chi connectivity index (χ4v) is 1.59. The lowest BCUT2D eigenvalue weighted by Gasteiger charge is -2.14. The van der Waals surface area contributed by atoms with E-state index in [1.54, 1.807) is 0 Å². The Morgan fingerprint density at radius 1 is 1.41 bits per heavy atom. The summed E-state index contributed by atoms with van der Waals surface area (Å²) in [6.07, 6.45) is 0.502. The second-order valence-electron chi connectivity index (χ2n) is 4.18. The lowest BCUT2D eigenvalue weighted by molar-refractivity contribution is -0.153. The number of rotatable bonds is 7. The van der Waals surface area contributed by atoms with E-state index in [1.807, 2.05) is 13.8 Å². The van der Waals surface area contributed by atoms with Crippen molar-refractivity contribution in [2.24, 2.45) is 5.92 Å². The van der Waals surface area contributed by atoms with Crippen LogP contribution in [-0.4, -0.2) is 37.2 Å².